The van der Waals surface area contributed by atoms with Gasteiger partial charge in [-0.25, -0.2) is 15.0 Å². The number of anilines is 3. The number of aromatic nitrogens is 3. The van der Waals surface area contributed by atoms with Crippen molar-refractivity contribution >= 4 is 17.1 Å². The van der Waals surface area contributed by atoms with Gasteiger partial charge in [-0.15, -0.1) is 0 Å². The number of para-hydroxylation sites is 2. The number of fused-ring (bicyclic) bond motifs is 5. The lowest BCUT2D eigenvalue weighted by atomic mass is 9.62. The van der Waals surface area contributed by atoms with Crippen molar-refractivity contribution in [2.24, 2.45) is 0 Å². The van der Waals surface area contributed by atoms with Crippen LogP contribution in [0.4, 0.5) is 17.1 Å². The molecule has 1 aliphatic carbocycles. The fraction of sp³-hybridized carbons (Fsp3) is 0.0377. The number of hydrogen-bond donors (Lipinski definition) is 0. The molecule has 0 saturated carbocycles. The lowest BCUT2D eigenvalue weighted by molar-refractivity contribution is 0.731. The van der Waals surface area contributed by atoms with Crippen molar-refractivity contribution in [2.75, 3.05) is 4.90 Å². The summed E-state index contributed by atoms with van der Waals surface area (Å²) in [6.07, 6.45) is 0.965. The molecule has 0 atom stereocenters. The summed E-state index contributed by atoms with van der Waals surface area (Å²) < 4.78 is 0. The van der Waals surface area contributed by atoms with Crippen molar-refractivity contribution in [3.63, 3.8) is 0 Å². The SMILES string of the molecule is c1ccc(-c2nc(-c3ccccc3)nc(-c3ccc(N4c5ccccc5C(c5ccccc5)(c5ccc6c(c5)-c5ccccc5C6)c5ccccc54)cc3)n2)cc1. The van der Waals surface area contributed by atoms with E-state index in [1.165, 1.54) is 44.5 Å². The average Bonchev–Trinajstić information content (AvgIpc) is 3.67. The molecule has 0 fully saturated rings. The third kappa shape index (κ3) is 5.33. The van der Waals surface area contributed by atoms with Crippen molar-refractivity contribution in [2.45, 2.75) is 11.8 Å². The number of benzene rings is 8. The molecule has 0 bridgehead atoms. The van der Waals surface area contributed by atoms with Crippen molar-refractivity contribution < 1.29 is 0 Å². The molecule has 0 unspecified atom stereocenters. The summed E-state index contributed by atoms with van der Waals surface area (Å²) in [6, 6.07) is 73.8. The zero-order valence-corrected chi connectivity index (χ0v) is 31.1. The van der Waals surface area contributed by atoms with Crippen LogP contribution in [0, 0.1) is 0 Å². The largest absolute Gasteiger partial charge is 0.310 e. The molecule has 1 aliphatic heterocycles. The monoisotopic (exact) mass is 728 g/mol. The highest BCUT2D eigenvalue weighted by molar-refractivity contribution is 5.90. The Morgan fingerprint density at radius 1 is 0.368 bits per heavy atom. The summed E-state index contributed by atoms with van der Waals surface area (Å²) >= 11 is 0. The fourth-order valence-corrected chi connectivity index (χ4v) is 9.06. The smallest absolute Gasteiger partial charge is 0.164 e. The third-order valence-corrected chi connectivity index (χ3v) is 11.6. The Morgan fingerprint density at radius 3 is 1.44 bits per heavy atom. The first kappa shape index (κ1) is 33.0. The second-order valence-corrected chi connectivity index (χ2v) is 14.8. The first-order valence-electron chi connectivity index (χ1n) is 19.5. The average molecular weight is 729 g/mol. The second-order valence-electron chi connectivity index (χ2n) is 14.8. The number of hydrogen-bond acceptors (Lipinski definition) is 4. The Balaban J connectivity index is 1.08. The molecule has 8 aromatic carbocycles. The molecule has 0 N–H and O–H groups in total. The van der Waals surface area contributed by atoms with Crippen molar-refractivity contribution in [3.05, 3.63) is 240 Å². The molecule has 2 aliphatic rings. The van der Waals surface area contributed by atoms with Crippen LogP contribution in [-0.4, -0.2) is 15.0 Å². The van der Waals surface area contributed by atoms with E-state index in [0.29, 0.717) is 17.5 Å². The zero-order chi connectivity index (χ0) is 37.8. The molecule has 4 heteroatoms. The molecule has 268 valence electrons. The first-order valence-corrected chi connectivity index (χ1v) is 19.5. The van der Waals surface area contributed by atoms with Gasteiger partial charge in [-0.3, -0.25) is 0 Å². The number of rotatable bonds is 6. The maximum Gasteiger partial charge on any atom is 0.164 e. The van der Waals surface area contributed by atoms with E-state index in [1.54, 1.807) is 0 Å². The summed E-state index contributed by atoms with van der Waals surface area (Å²) in [5.41, 5.74) is 16.0. The Morgan fingerprint density at radius 2 is 0.842 bits per heavy atom. The molecule has 0 amide bonds. The minimum atomic E-state index is -0.565. The molecule has 4 nitrogen and oxygen atoms in total. The van der Waals surface area contributed by atoms with Crippen molar-refractivity contribution in [3.8, 4) is 45.3 Å². The van der Waals surface area contributed by atoms with Crippen LogP contribution in [0.2, 0.25) is 0 Å². The van der Waals surface area contributed by atoms with Crippen molar-refractivity contribution in [1.82, 2.24) is 15.0 Å². The predicted octanol–water partition coefficient (Wildman–Crippen LogP) is 12.6. The van der Waals surface area contributed by atoms with Crippen LogP contribution in [0.1, 0.15) is 33.4 Å². The molecule has 0 spiro atoms. The molecule has 9 aromatic rings. The second kappa shape index (κ2) is 13.4. The van der Waals surface area contributed by atoms with Gasteiger partial charge in [0.05, 0.1) is 16.8 Å². The van der Waals surface area contributed by atoms with Crippen molar-refractivity contribution in [1.29, 1.82) is 0 Å². The first-order chi connectivity index (χ1) is 28.3. The number of nitrogens with zero attached hydrogens (tertiary/aromatic N) is 4. The van der Waals surface area contributed by atoms with Gasteiger partial charge in [0.15, 0.2) is 17.5 Å². The van der Waals surface area contributed by atoms with Crippen LogP contribution in [-0.2, 0) is 11.8 Å². The van der Waals surface area contributed by atoms with Gasteiger partial charge in [-0.1, -0.05) is 164 Å². The Labute approximate surface area is 332 Å². The highest BCUT2D eigenvalue weighted by Gasteiger charge is 2.46. The maximum atomic E-state index is 5.00. The Kier molecular flexibility index (Phi) is 7.75. The minimum Gasteiger partial charge on any atom is -0.310 e. The highest BCUT2D eigenvalue weighted by atomic mass is 15.2. The predicted molar refractivity (Wildman–Crippen MR) is 231 cm³/mol. The molecule has 2 heterocycles. The van der Waals surface area contributed by atoms with Gasteiger partial charge >= 0.3 is 0 Å². The van der Waals surface area contributed by atoms with E-state index in [0.717, 1.165) is 40.2 Å². The van der Waals surface area contributed by atoms with Gasteiger partial charge in [0, 0.05) is 22.4 Å². The molecule has 0 saturated heterocycles. The van der Waals surface area contributed by atoms with E-state index in [4.69, 9.17) is 15.0 Å². The third-order valence-electron chi connectivity index (χ3n) is 11.6. The Hall–Kier alpha value is -7.43. The van der Waals surface area contributed by atoms with Crippen LogP contribution in [0.25, 0.3) is 45.3 Å². The van der Waals surface area contributed by atoms with Gasteiger partial charge in [0.1, 0.15) is 0 Å². The Bertz CT molecular complexity index is 2820. The lowest BCUT2D eigenvalue weighted by Gasteiger charge is -2.46. The highest BCUT2D eigenvalue weighted by Crippen LogP contribution is 2.58. The van der Waals surface area contributed by atoms with Crippen LogP contribution >= 0.6 is 0 Å². The van der Waals surface area contributed by atoms with E-state index >= 15 is 0 Å². The normalized spacial score (nSPS) is 13.3. The van der Waals surface area contributed by atoms with Gasteiger partial charge in [0.2, 0.25) is 0 Å². The minimum absolute atomic E-state index is 0.565. The molecular weight excluding hydrogens is 693 g/mol. The van der Waals surface area contributed by atoms with E-state index in [-0.39, 0.29) is 0 Å². The van der Waals surface area contributed by atoms with E-state index in [1.807, 2.05) is 60.7 Å². The van der Waals surface area contributed by atoms with Crippen LogP contribution < -0.4 is 4.90 Å². The van der Waals surface area contributed by atoms with E-state index < -0.39 is 5.41 Å². The molecule has 1 aromatic heterocycles. The molecule has 57 heavy (non-hydrogen) atoms. The van der Waals surface area contributed by atoms with Gasteiger partial charge in [-0.05, 0) is 93.4 Å². The maximum absolute atomic E-state index is 5.00. The summed E-state index contributed by atoms with van der Waals surface area (Å²) in [4.78, 5) is 17.3. The topological polar surface area (TPSA) is 41.9 Å². The zero-order valence-electron chi connectivity index (χ0n) is 31.1. The van der Waals surface area contributed by atoms with E-state index in [9.17, 15) is 0 Å². The molecular formula is C53H36N4. The summed E-state index contributed by atoms with van der Waals surface area (Å²) in [7, 11) is 0. The van der Waals surface area contributed by atoms with Crippen LogP contribution in [0.15, 0.2) is 206 Å². The van der Waals surface area contributed by atoms with Crippen LogP contribution in [0.5, 0.6) is 0 Å². The van der Waals surface area contributed by atoms with Gasteiger partial charge < -0.3 is 4.90 Å². The van der Waals surface area contributed by atoms with Gasteiger partial charge in [0.25, 0.3) is 0 Å². The molecule has 0 radical (unpaired) electrons. The quantitative estimate of drug-likeness (QED) is 0.171. The van der Waals surface area contributed by atoms with Crippen LogP contribution in [0.3, 0.4) is 0 Å². The summed E-state index contributed by atoms with van der Waals surface area (Å²) in [5, 5.41) is 0. The summed E-state index contributed by atoms with van der Waals surface area (Å²) in [6.45, 7) is 0. The van der Waals surface area contributed by atoms with E-state index in [2.05, 4.69) is 150 Å². The van der Waals surface area contributed by atoms with Gasteiger partial charge in [-0.2, -0.15) is 0 Å². The molecule has 11 rings (SSSR count). The fourth-order valence-electron chi connectivity index (χ4n) is 9.06. The lowest BCUT2D eigenvalue weighted by Crippen LogP contribution is -2.37. The summed E-state index contributed by atoms with van der Waals surface area (Å²) in [5.74, 6) is 1.93. The standard InChI is InChI=1S/C53H36N4/c1-4-16-36(17-5-1)50-54-51(37-18-6-2-7-19-37)56-52(55-50)38-29-32-43(33-30-38)57-48-26-14-12-24-46(48)53(41-21-8-3-9-22-41,47-25-13-15-27-49(47)57)42-31-28-40-34-39-20-10-11-23-44(39)45(40)35-42/h1-33,35H,34H2.